The number of ether oxygens (including phenoxy) is 1. The molecule has 1 aliphatic carbocycles. The lowest BCUT2D eigenvalue weighted by Crippen LogP contribution is -2.36. The molecule has 0 bridgehead atoms. The van der Waals surface area contributed by atoms with Crippen LogP contribution in [0.2, 0.25) is 0 Å². The monoisotopic (exact) mass is 347 g/mol. The first-order valence-corrected chi connectivity index (χ1v) is 8.83. The molecular formula is C19H25NO5. The van der Waals surface area contributed by atoms with Gasteiger partial charge in [0, 0.05) is 5.69 Å². The first kappa shape index (κ1) is 19.0. The molecule has 0 saturated heterocycles. The number of unbranched alkanes of at least 4 members (excludes halogenated alkanes) is 1. The normalized spacial score (nSPS) is 19.9. The molecule has 2 N–H and O–H groups in total. The topological polar surface area (TPSA) is 92.7 Å². The maximum Gasteiger partial charge on any atom is 0.338 e. The average Bonchev–Trinajstić information content (AvgIpc) is 2.62. The minimum absolute atomic E-state index is 0.273. The number of carboxylic acids is 1. The fourth-order valence-electron chi connectivity index (χ4n) is 3.06. The third-order valence-electron chi connectivity index (χ3n) is 4.54. The third-order valence-corrected chi connectivity index (χ3v) is 4.54. The number of rotatable bonds is 7. The van der Waals surface area contributed by atoms with E-state index < -0.39 is 17.8 Å². The van der Waals surface area contributed by atoms with E-state index in [0.29, 0.717) is 30.7 Å². The first-order chi connectivity index (χ1) is 12.0. The van der Waals surface area contributed by atoms with Gasteiger partial charge in [-0.15, -0.1) is 0 Å². The van der Waals surface area contributed by atoms with Crippen LogP contribution in [0, 0.1) is 11.8 Å². The van der Waals surface area contributed by atoms with Crippen molar-refractivity contribution in [2.45, 2.75) is 45.4 Å². The number of amides is 1. The molecule has 1 aromatic carbocycles. The Morgan fingerprint density at radius 3 is 2.36 bits per heavy atom. The molecule has 0 spiro atoms. The summed E-state index contributed by atoms with van der Waals surface area (Å²) in [5, 5.41) is 12.0. The molecule has 1 aromatic rings. The van der Waals surface area contributed by atoms with Gasteiger partial charge in [-0.25, -0.2) is 4.79 Å². The molecule has 2 rings (SSSR count). The second-order valence-corrected chi connectivity index (χ2v) is 6.39. The van der Waals surface area contributed by atoms with Gasteiger partial charge in [-0.2, -0.15) is 0 Å². The van der Waals surface area contributed by atoms with Crippen LogP contribution >= 0.6 is 0 Å². The SMILES string of the molecule is CCCCOC(=O)c1ccc(NC(=O)[C@@H]2CCCC[C@H]2C(=O)O)cc1. The second-order valence-electron chi connectivity index (χ2n) is 6.39. The maximum atomic E-state index is 12.4. The molecule has 2 atom stereocenters. The number of anilines is 1. The van der Waals surface area contributed by atoms with Crippen molar-refractivity contribution in [3.05, 3.63) is 29.8 Å². The summed E-state index contributed by atoms with van der Waals surface area (Å²) in [6.45, 7) is 2.42. The molecule has 0 unspecified atom stereocenters. The van der Waals surface area contributed by atoms with Crippen molar-refractivity contribution in [1.29, 1.82) is 0 Å². The van der Waals surface area contributed by atoms with Crippen molar-refractivity contribution in [2.75, 3.05) is 11.9 Å². The van der Waals surface area contributed by atoms with Crippen LogP contribution < -0.4 is 5.32 Å². The fraction of sp³-hybridized carbons (Fsp3) is 0.526. The lowest BCUT2D eigenvalue weighted by atomic mass is 9.78. The Bertz CT molecular complexity index is 611. The van der Waals surface area contributed by atoms with Gasteiger partial charge in [-0.1, -0.05) is 26.2 Å². The van der Waals surface area contributed by atoms with E-state index in [1.54, 1.807) is 24.3 Å². The van der Waals surface area contributed by atoms with Crippen LogP contribution in [0.5, 0.6) is 0 Å². The van der Waals surface area contributed by atoms with E-state index in [0.717, 1.165) is 25.7 Å². The largest absolute Gasteiger partial charge is 0.481 e. The Labute approximate surface area is 147 Å². The zero-order valence-electron chi connectivity index (χ0n) is 14.5. The van der Waals surface area contributed by atoms with Gasteiger partial charge in [0.25, 0.3) is 0 Å². The van der Waals surface area contributed by atoms with Crippen LogP contribution in [0.15, 0.2) is 24.3 Å². The van der Waals surface area contributed by atoms with Gasteiger partial charge in [0.15, 0.2) is 0 Å². The predicted molar refractivity (Wildman–Crippen MR) is 93.3 cm³/mol. The number of nitrogens with one attached hydrogen (secondary N) is 1. The van der Waals surface area contributed by atoms with Gasteiger partial charge in [-0.3, -0.25) is 9.59 Å². The first-order valence-electron chi connectivity index (χ1n) is 8.83. The Hall–Kier alpha value is -2.37. The molecule has 0 heterocycles. The minimum atomic E-state index is -0.912. The molecule has 1 aliphatic rings. The molecule has 136 valence electrons. The van der Waals surface area contributed by atoms with Crippen molar-refractivity contribution in [1.82, 2.24) is 0 Å². The summed E-state index contributed by atoms with van der Waals surface area (Å²) in [6.07, 6.45) is 4.61. The highest BCUT2D eigenvalue weighted by molar-refractivity contribution is 5.96. The van der Waals surface area contributed by atoms with E-state index in [9.17, 15) is 19.5 Å². The summed E-state index contributed by atoms with van der Waals surface area (Å²) in [7, 11) is 0. The van der Waals surface area contributed by atoms with Gasteiger partial charge >= 0.3 is 11.9 Å². The van der Waals surface area contributed by atoms with Crippen molar-refractivity contribution < 1.29 is 24.2 Å². The summed E-state index contributed by atoms with van der Waals surface area (Å²) in [5.74, 6) is -2.70. The third kappa shape index (κ3) is 5.31. The minimum Gasteiger partial charge on any atom is -0.481 e. The molecule has 0 aliphatic heterocycles. The van der Waals surface area contributed by atoms with Crippen LogP contribution in [-0.2, 0) is 14.3 Å². The molecule has 6 heteroatoms. The fourth-order valence-corrected chi connectivity index (χ4v) is 3.06. The smallest absolute Gasteiger partial charge is 0.338 e. The van der Waals surface area contributed by atoms with Crippen molar-refractivity contribution >= 4 is 23.5 Å². The van der Waals surface area contributed by atoms with E-state index in [2.05, 4.69) is 5.32 Å². The molecule has 0 aromatic heterocycles. The van der Waals surface area contributed by atoms with Gasteiger partial charge < -0.3 is 15.2 Å². The highest BCUT2D eigenvalue weighted by Gasteiger charge is 2.35. The van der Waals surface area contributed by atoms with Crippen molar-refractivity contribution in [3.63, 3.8) is 0 Å². The standard InChI is InChI=1S/C19H25NO5/c1-2-3-12-25-19(24)13-8-10-14(11-9-13)20-17(21)15-6-4-5-7-16(15)18(22)23/h8-11,15-16H,2-7,12H2,1H3,(H,20,21)(H,22,23)/t15-,16-/m1/s1. The van der Waals surface area contributed by atoms with Crippen LogP contribution in [0.3, 0.4) is 0 Å². The number of carbonyl (C=O) groups is 3. The Morgan fingerprint density at radius 2 is 1.76 bits per heavy atom. The second kappa shape index (κ2) is 9.20. The Balaban J connectivity index is 1.94. The number of hydrogen-bond donors (Lipinski definition) is 2. The quantitative estimate of drug-likeness (QED) is 0.582. The van der Waals surface area contributed by atoms with Gasteiger partial charge in [-0.05, 0) is 43.5 Å². The van der Waals surface area contributed by atoms with E-state index >= 15 is 0 Å². The molecule has 1 saturated carbocycles. The van der Waals surface area contributed by atoms with E-state index in [1.165, 1.54) is 0 Å². The predicted octanol–water partition coefficient (Wildman–Crippen LogP) is 3.47. The lowest BCUT2D eigenvalue weighted by Gasteiger charge is -2.27. The lowest BCUT2D eigenvalue weighted by molar-refractivity contribution is -0.147. The molecular weight excluding hydrogens is 322 g/mol. The maximum absolute atomic E-state index is 12.4. The number of aliphatic carboxylic acids is 1. The van der Waals surface area contributed by atoms with E-state index in [1.807, 2.05) is 6.92 Å². The van der Waals surface area contributed by atoms with Gasteiger partial charge in [0.05, 0.1) is 24.0 Å². The molecule has 1 fully saturated rings. The van der Waals surface area contributed by atoms with Crippen LogP contribution in [0.25, 0.3) is 0 Å². The van der Waals surface area contributed by atoms with Crippen molar-refractivity contribution in [3.8, 4) is 0 Å². The van der Waals surface area contributed by atoms with Crippen molar-refractivity contribution in [2.24, 2.45) is 11.8 Å². The van der Waals surface area contributed by atoms with E-state index in [-0.39, 0.29) is 11.9 Å². The highest BCUT2D eigenvalue weighted by atomic mass is 16.5. The summed E-state index contributed by atoms with van der Waals surface area (Å²) >= 11 is 0. The Morgan fingerprint density at radius 1 is 1.12 bits per heavy atom. The zero-order valence-corrected chi connectivity index (χ0v) is 14.5. The Kier molecular flexibility index (Phi) is 6.98. The number of carboxylic acid groups (broad SMARTS) is 1. The summed E-state index contributed by atoms with van der Waals surface area (Å²) in [4.78, 5) is 35.6. The zero-order chi connectivity index (χ0) is 18.2. The number of esters is 1. The molecule has 25 heavy (non-hydrogen) atoms. The summed E-state index contributed by atoms with van der Waals surface area (Å²) in [6, 6.07) is 6.46. The van der Waals surface area contributed by atoms with Crippen LogP contribution in [0.4, 0.5) is 5.69 Å². The summed E-state index contributed by atoms with van der Waals surface area (Å²) in [5.41, 5.74) is 0.972. The average molecular weight is 347 g/mol. The highest BCUT2D eigenvalue weighted by Crippen LogP contribution is 2.31. The number of carbonyl (C=O) groups excluding carboxylic acids is 2. The van der Waals surface area contributed by atoms with Crippen LogP contribution in [-0.4, -0.2) is 29.6 Å². The van der Waals surface area contributed by atoms with E-state index in [4.69, 9.17) is 4.74 Å². The van der Waals surface area contributed by atoms with Gasteiger partial charge in [0.1, 0.15) is 0 Å². The molecule has 1 amide bonds. The number of benzene rings is 1. The molecule has 6 nitrogen and oxygen atoms in total. The van der Waals surface area contributed by atoms with Gasteiger partial charge in [0.2, 0.25) is 5.91 Å². The number of hydrogen-bond acceptors (Lipinski definition) is 4. The summed E-state index contributed by atoms with van der Waals surface area (Å²) < 4.78 is 5.13. The molecule has 0 radical (unpaired) electrons. The van der Waals surface area contributed by atoms with Crippen LogP contribution in [0.1, 0.15) is 55.8 Å².